The molecule has 5 atom stereocenters. The van der Waals surface area contributed by atoms with E-state index in [0.717, 1.165) is 116 Å². The Morgan fingerprint density at radius 2 is 1.46 bits per heavy atom. The first kappa shape index (κ1) is 63.2. The number of ketones is 1. The maximum atomic E-state index is 13.3. The largest absolute Gasteiger partial charge is 0.485 e. The zero-order valence-corrected chi connectivity index (χ0v) is 57.3. The number of benzene rings is 2. The molecule has 10 heterocycles. The van der Waals surface area contributed by atoms with Crippen molar-refractivity contribution in [2.45, 2.75) is 76.3 Å². The summed E-state index contributed by atoms with van der Waals surface area (Å²) in [7, 11) is 0. The molecule has 458 valence electrons. The first-order valence-electron chi connectivity index (χ1n) is 28.9. The first-order valence-corrected chi connectivity index (χ1v) is 36.4. The van der Waals surface area contributed by atoms with Crippen molar-refractivity contribution in [3.05, 3.63) is 154 Å². The number of ether oxygens (including phenoxy) is 4. The van der Waals surface area contributed by atoms with Gasteiger partial charge in [-0.3, -0.25) is 24.1 Å². The van der Waals surface area contributed by atoms with E-state index in [1.165, 1.54) is 23.0 Å². The number of hydrogen-bond acceptors (Lipinski definition) is 19. The van der Waals surface area contributed by atoms with Gasteiger partial charge in [0.25, 0.3) is 5.91 Å². The van der Waals surface area contributed by atoms with Gasteiger partial charge in [-0.25, -0.2) is 0 Å². The topological polar surface area (TPSA) is 152 Å². The summed E-state index contributed by atoms with van der Waals surface area (Å²) in [6.07, 6.45) is 25.1. The molecule has 0 saturated carbocycles. The number of amides is 1. The molecule has 4 aromatic heterocycles. The first-order chi connectivity index (χ1) is 42.8. The van der Waals surface area contributed by atoms with Gasteiger partial charge < -0.3 is 34.1 Å². The van der Waals surface area contributed by atoms with Crippen molar-refractivity contribution in [3.8, 4) is 32.8 Å². The van der Waals surface area contributed by atoms with Gasteiger partial charge in [0.05, 0.1) is 40.2 Å². The number of carbonyl (C=O) groups excluding carboxylic acids is 2. The highest BCUT2D eigenvalue weighted by Gasteiger charge is 2.46. The molecule has 6 aromatic rings. The van der Waals surface area contributed by atoms with Crippen molar-refractivity contribution < 1.29 is 48.3 Å². The molecule has 13 rings (SSSR count). The second-order valence-corrected chi connectivity index (χ2v) is 32.7. The van der Waals surface area contributed by atoms with E-state index < -0.39 is 18.5 Å². The summed E-state index contributed by atoms with van der Waals surface area (Å²) >= 11 is 23.5. The molecule has 2 aromatic carbocycles. The molecule has 5 unspecified atom stereocenters. The number of para-hydroxylation sites is 1. The monoisotopic (exact) mass is 1370 g/mol. The van der Waals surface area contributed by atoms with Crippen molar-refractivity contribution in [1.29, 1.82) is 0 Å². The summed E-state index contributed by atoms with van der Waals surface area (Å²) in [6.45, 7) is 13.7. The molecule has 12 nitrogen and oxygen atoms in total. The molecule has 1 fully saturated rings. The number of fused-ring (bicyclic) bond motifs is 6. The number of nitrogens with zero attached hydrogens (tertiary/aromatic N) is 2. The van der Waals surface area contributed by atoms with Crippen LogP contribution in [0.1, 0.15) is 85.0 Å². The van der Waals surface area contributed by atoms with Crippen LogP contribution in [0.15, 0.2) is 123 Å². The summed E-state index contributed by atoms with van der Waals surface area (Å²) in [5, 5.41) is 17.3. The summed E-state index contributed by atoms with van der Waals surface area (Å²) in [4.78, 5) is 60.2. The molecule has 89 heavy (non-hydrogen) atoms. The van der Waals surface area contributed by atoms with Crippen molar-refractivity contribution in [2.24, 2.45) is 11.8 Å². The van der Waals surface area contributed by atoms with E-state index >= 15 is 0 Å². The summed E-state index contributed by atoms with van der Waals surface area (Å²) in [5.74, 6) is 1.11. The molecule has 1 saturated heterocycles. The van der Waals surface area contributed by atoms with Gasteiger partial charge in [0.1, 0.15) is 37.3 Å². The zero-order chi connectivity index (χ0) is 62.4. The standard InChI is InChI=1S/C64H54N2O8S10.C3H6O2/c1-6-33(2)55(69)50(77-34(3)75)28-38-26-46-48(78-38)30-51(80-46)60-58-56(71-20-22-73-58)44(82-60)18-14-35-12-16-42-40(24-35)64(4,5)41-25-36(13-17-43(41)66(42)37-10-8-7-9-11-37)15-19-45-57-59(74-23-21-72-57)61(83-45)52-31-49-47(81-52)27-39(79-49)29-53-62(70)65(32-54(67)68)63(76)84-53;1-2-3(4)5/h7-19,24-31,33,41,43,47,49H,6,20-23,32H2,1-5H3,(H,67,68);2H2,1H3,(H,4,5)/b18-14+,19-15+,50-28+,53-29+;. The minimum Gasteiger partial charge on any atom is -0.485 e. The molecule has 22 heteroatoms. The maximum Gasteiger partial charge on any atom is 0.323 e. The Morgan fingerprint density at radius 3 is 2.12 bits per heavy atom. The molecule has 1 amide bonds. The Balaban J connectivity index is 0.00000148. The highest BCUT2D eigenvalue weighted by Crippen LogP contribution is 2.59. The third-order valence-corrected chi connectivity index (χ3v) is 25.8. The average molecular weight is 1370 g/mol. The van der Waals surface area contributed by atoms with E-state index in [1.54, 1.807) is 75.8 Å². The van der Waals surface area contributed by atoms with Gasteiger partial charge in [-0.1, -0.05) is 149 Å². The van der Waals surface area contributed by atoms with E-state index in [2.05, 4.69) is 134 Å². The number of anilines is 2. The molecule has 0 radical (unpaired) electrons. The highest BCUT2D eigenvalue weighted by atomic mass is 32.2. The number of carboxylic acids is 2. The van der Waals surface area contributed by atoms with Crippen molar-refractivity contribution >= 4 is 199 Å². The number of hydrogen-bond donors (Lipinski definition) is 2. The van der Waals surface area contributed by atoms with Crippen LogP contribution in [0.2, 0.25) is 0 Å². The molecule has 1 aliphatic carbocycles. The van der Waals surface area contributed by atoms with Gasteiger partial charge in [0, 0.05) is 73.8 Å². The number of thioether (sulfide) groups is 4. The van der Waals surface area contributed by atoms with Crippen LogP contribution >= 0.6 is 117 Å². The van der Waals surface area contributed by atoms with Gasteiger partial charge in [0.15, 0.2) is 28.8 Å². The van der Waals surface area contributed by atoms with Crippen LogP contribution in [-0.4, -0.2) is 96.8 Å². The Bertz CT molecular complexity index is 4120. The third kappa shape index (κ3) is 13.1. The number of Topliss-reactive ketones (excluding diaryl/α,β-unsaturated/α-hetero) is 1. The lowest BCUT2D eigenvalue weighted by Crippen LogP contribution is -2.50. The summed E-state index contributed by atoms with van der Waals surface area (Å²) in [6, 6.07) is 22.0. The third-order valence-electron chi connectivity index (χ3n) is 15.8. The number of carbonyl (C=O) groups is 4. The minimum atomic E-state index is -1.10. The number of aliphatic carboxylic acids is 2. The van der Waals surface area contributed by atoms with Gasteiger partial charge in [-0.05, 0) is 90.7 Å². The number of allylic oxidation sites excluding steroid dienone is 5. The predicted octanol–water partition coefficient (Wildman–Crippen LogP) is 17.9. The molecule has 0 spiro atoms. The maximum absolute atomic E-state index is 13.3. The fraction of sp³-hybridized carbons (Fsp3) is 0.284. The van der Waals surface area contributed by atoms with Gasteiger partial charge in [-0.15, -0.1) is 68.9 Å². The molecule has 6 aliphatic heterocycles. The fourth-order valence-electron chi connectivity index (χ4n) is 11.2. The number of thiophene rings is 4. The van der Waals surface area contributed by atoms with E-state index in [1.807, 2.05) is 32.9 Å². The number of carboxylic acid groups (broad SMARTS) is 2. The lowest BCUT2D eigenvalue weighted by atomic mass is 9.64. The predicted molar refractivity (Wildman–Crippen MR) is 382 cm³/mol. The smallest absolute Gasteiger partial charge is 0.323 e. The fourth-order valence-corrected chi connectivity index (χ4v) is 21.3. The molecule has 2 N–H and O–H groups in total. The van der Waals surface area contributed by atoms with Crippen molar-refractivity contribution in [3.63, 3.8) is 0 Å². The van der Waals surface area contributed by atoms with Gasteiger partial charge in [-0.2, -0.15) is 0 Å². The lowest BCUT2D eigenvalue weighted by molar-refractivity contribution is -0.140. The van der Waals surface area contributed by atoms with Gasteiger partial charge >= 0.3 is 11.9 Å². The van der Waals surface area contributed by atoms with Crippen LogP contribution in [0, 0.1) is 11.8 Å². The molecule has 7 aliphatic rings. The second-order valence-electron chi connectivity index (χ2n) is 22.2. The van der Waals surface area contributed by atoms with E-state index in [9.17, 15) is 24.3 Å². The quantitative estimate of drug-likeness (QED) is 0.0697. The minimum absolute atomic E-state index is 0.0641. The summed E-state index contributed by atoms with van der Waals surface area (Å²) in [5.41, 5.74) is 5.54. The Hall–Kier alpha value is -5.92. The average Bonchev–Trinajstić information content (AvgIpc) is 1.64. The number of thiocarbonyl (C=S) groups is 2. The second kappa shape index (κ2) is 26.7. The highest BCUT2D eigenvalue weighted by molar-refractivity contribution is 8.27. The molecule has 0 bridgehead atoms. The zero-order valence-electron chi connectivity index (χ0n) is 49.1. The van der Waals surface area contributed by atoms with Crippen molar-refractivity contribution in [1.82, 2.24) is 4.90 Å². The lowest BCUT2D eigenvalue weighted by Gasteiger charge is -2.51. The van der Waals surface area contributed by atoms with E-state index in [4.69, 9.17) is 48.5 Å². The summed E-state index contributed by atoms with van der Waals surface area (Å²) < 4.78 is 28.8. The Morgan fingerprint density at radius 1 is 0.798 bits per heavy atom. The van der Waals surface area contributed by atoms with E-state index in [0.29, 0.717) is 36.2 Å². The Labute approximate surface area is 560 Å². The SMILES string of the molecule is CCC(=O)O.CCC(C)C(=O)/C(=C\c1cc2sc(-c3sc(/C=C/c4ccc5c(c4)C(C)(C)C4C=C(/C=C/c6sc(C7=CC8SC(/C=C9/SC(=S)N(CC(=O)O)C9=O)=CC8S7)c7c6OCCO7)C=CC4N5c4ccccc4)c4c3OCCO4)cc2s1)SC(C)=S. The molecular formula is C67H60N2O10S10. The van der Waals surface area contributed by atoms with E-state index in [-0.39, 0.29) is 56.2 Å². The van der Waals surface area contributed by atoms with Crippen LogP contribution in [-0.2, 0) is 24.6 Å². The van der Waals surface area contributed by atoms with Gasteiger partial charge in [0.2, 0.25) is 0 Å². The molecular weight excluding hydrogens is 1310 g/mol. The van der Waals surface area contributed by atoms with Crippen LogP contribution < -0.4 is 23.8 Å². The Kier molecular flexibility index (Phi) is 19.0. The van der Waals surface area contributed by atoms with Crippen LogP contribution in [0.25, 0.3) is 48.4 Å². The van der Waals surface area contributed by atoms with Crippen LogP contribution in [0.4, 0.5) is 11.4 Å². The normalized spacial score (nSPS) is 21.4. The van der Waals surface area contributed by atoms with Crippen LogP contribution in [0.3, 0.4) is 0 Å². The van der Waals surface area contributed by atoms with Crippen LogP contribution in [0.5, 0.6) is 23.0 Å². The number of rotatable bonds is 16. The van der Waals surface area contributed by atoms with Crippen molar-refractivity contribution in [2.75, 3.05) is 37.9 Å².